The van der Waals surface area contributed by atoms with E-state index in [0.29, 0.717) is 40.9 Å². The fourth-order valence-corrected chi connectivity index (χ4v) is 6.51. The molecular formula is C24H24N4O5S2. The summed E-state index contributed by atoms with van der Waals surface area (Å²) in [6.45, 7) is 2.98. The number of hydrogen-bond donors (Lipinski definition) is 1. The van der Waals surface area contributed by atoms with Crippen molar-refractivity contribution in [2.45, 2.75) is 24.7 Å². The van der Waals surface area contributed by atoms with Crippen molar-refractivity contribution in [3.05, 3.63) is 52.9 Å². The molecule has 2 aliphatic rings. The number of sulfonamides is 1. The van der Waals surface area contributed by atoms with Gasteiger partial charge in [0.05, 0.1) is 16.3 Å². The molecule has 0 atom stereocenters. The summed E-state index contributed by atoms with van der Waals surface area (Å²) in [5.41, 5.74) is 2.51. The number of benzene rings is 2. The van der Waals surface area contributed by atoms with Gasteiger partial charge >= 0.3 is 0 Å². The predicted molar refractivity (Wildman–Crippen MR) is 134 cm³/mol. The summed E-state index contributed by atoms with van der Waals surface area (Å²) in [5, 5.41) is 3.23. The van der Waals surface area contributed by atoms with E-state index in [4.69, 9.17) is 4.74 Å². The van der Waals surface area contributed by atoms with Gasteiger partial charge < -0.3 is 9.64 Å². The first-order valence-corrected chi connectivity index (χ1v) is 13.4. The maximum Gasteiger partial charge on any atom is 0.264 e. The minimum absolute atomic E-state index is 0.0138. The highest BCUT2D eigenvalue weighted by molar-refractivity contribution is 7.89. The van der Waals surface area contributed by atoms with Crippen molar-refractivity contribution in [2.75, 3.05) is 37.0 Å². The second-order valence-corrected chi connectivity index (χ2v) is 11.6. The summed E-state index contributed by atoms with van der Waals surface area (Å²) in [4.78, 5) is 32.0. The van der Waals surface area contributed by atoms with E-state index < -0.39 is 10.0 Å². The van der Waals surface area contributed by atoms with Crippen molar-refractivity contribution < 1.29 is 22.7 Å². The number of carbonyl (C=O) groups excluding carboxylic acids is 2. The van der Waals surface area contributed by atoms with Crippen molar-refractivity contribution in [3.63, 3.8) is 0 Å². The molecule has 2 amide bonds. The Morgan fingerprint density at radius 3 is 2.54 bits per heavy atom. The third kappa shape index (κ3) is 4.42. The number of aryl methyl sites for hydroxylation is 1. The summed E-state index contributed by atoms with van der Waals surface area (Å²) in [6, 6.07) is 11.5. The fourth-order valence-electron chi connectivity index (χ4n) is 4.16. The van der Waals surface area contributed by atoms with Crippen LogP contribution in [0.1, 0.15) is 28.1 Å². The zero-order valence-electron chi connectivity index (χ0n) is 19.3. The molecule has 1 saturated heterocycles. The van der Waals surface area contributed by atoms with Gasteiger partial charge in [0.2, 0.25) is 10.0 Å². The molecule has 0 unspecified atom stereocenters. The van der Waals surface area contributed by atoms with Crippen LogP contribution in [-0.2, 0) is 14.8 Å². The average Bonchev–Trinajstić information content (AvgIpc) is 3.52. The first-order valence-electron chi connectivity index (χ1n) is 11.2. The lowest BCUT2D eigenvalue weighted by Crippen LogP contribution is -2.35. The number of fused-ring (bicyclic) bond motifs is 1. The second kappa shape index (κ2) is 9.06. The van der Waals surface area contributed by atoms with Crippen LogP contribution in [0.4, 0.5) is 10.8 Å². The Morgan fingerprint density at radius 2 is 1.83 bits per heavy atom. The van der Waals surface area contributed by atoms with Gasteiger partial charge in [-0.3, -0.25) is 14.9 Å². The molecule has 0 radical (unpaired) electrons. The van der Waals surface area contributed by atoms with E-state index in [0.717, 1.165) is 23.3 Å². The lowest BCUT2D eigenvalue weighted by Gasteiger charge is -2.26. The molecule has 0 spiro atoms. The molecule has 1 N–H and O–H groups in total. The summed E-state index contributed by atoms with van der Waals surface area (Å²) in [6.07, 6.45) is 1.73. The first-order chi connectivity index (χ1) is 16.7. The first kappa shape index (κ1) is 23.5. The van der Waals surface area contributed by atoms with Crippen LogP contribution in [0.25, 0.3) is 11.3 Å². The largest absolute Gasteiger partial charge is 0.482 e. The Hall–Kier alpha value is -3.28. The molecule has 2 aliphatic heterocycles. The number of carbonyl (C=O) groups is 2. The van der Waals surface area contributed by atoms with Crippen molar-refractivity contribution in [1.29, 1.82) is 0 Å². The van der Waals surface area contributed by atoms with Gasteiger partial charge in [-0.15, -0.1) is 11.3 Å². The Balaban J connectivity index is 1.33. The van der Waals surface area contributed by atoms with E-state index >= 15 is 0 Å². The van der Waals surface area contributed by atoms with Gasteiger partial charge in [-0.05, 0) is 62.2 Å². The Labute approximate surface area is 207 Å². The van der Waals surface area contributed by atoms with Gasteiger partial charge in [-0.1, -0.05) is 0 Å². The van der Waals surface area contributed by atoms with Crippen molar-refractivity contribution >= 4 is 44.0 Å². The average molecular weight is 513 g/mol. The van der Waals surface area contributed by atoms with Crippen molar-refractivity contribution in [3.8, 4) is 17.0 Å². The van der Waals surface area contributed by atoms with Gasteiger partial charge in [0.25, 0.3) is 11.8 Å². The standard InChI is InChI=1S/C24H24N4O5S2/c1-15-22(17-7-10-20-19(13-17)27(2)21(29)14-33-20)25-24(34-15)26-23(30)16-5-8-18(9-6-16)35(31,32)28-11-3-4-12-28/h5-10,13H,3-4,11-12,14H2,1-2H3,(H,25,26,30). The van der Waals surface area contributed by atoms with E-state index in [1.165, 1.54) is 39.9 Å². The number of hydrogen-bond acceptors (Lipinski definition) is 7. The molecule has 0 aliphatic carbocycles. The predicted octanol–water partition coefficient (Wildman–Crippen LogP) is 3.51. The number of nitrogens with zero attached hydrogens (tertiary/aromatic N) is 3. The number of nitrogens with one attached hydrogen (secondary N) is 1. The third-order valence-electron chi connectivity index (χ3n) is 6.16. The van der Waals surface area contributed by atoms with Crippen LogP contribution in [0.3, 0.4) is 0 Å². The smallest absolute Gasteiger partial charge is 0.264 e. The quantitative estimate of drug-likeness (QED) is 0.560. The van der Waals surface area contributed by atoms with Crippen LogP contribution in [-0.4, -0.2) is 56.3 Å². The highest BCUT2D eigenvalue weighted by Crippen LogP contribution is 2.38. The van der Waals surface area contributed by atoms with Gasteiger partial charge in [-0.2, -0.15) is 4.31 Å². The topological polar surface area (TPSA) is 109 Å². The van der Waals surface area contributed by atoms with Crippen LogP contribution in [0.15, 0.2) is 47.4 Å². The van der Waals surface area contributed by atoms with Gasteiger partial charge in [0, 0.05) is 36.1 Å². The van der Waals surface area contributed by atoms with E-state index in [9.17, 15) is 18.0 Å². The zero-order chi connectivity index (χ0) is 24.7. The van der Waals surface area contributed by atoms with E-state index in [1.807, 2.05) is 25.1 Å². The normalized spacial score (nSPS) is 16.2. The minimum Gasteiger partial charge on any atom is -0.482 e. The SMILES string of the molecule is Cc1sc(NC(=O)c2ccc(S(=O)(=O)N3CCCC3)cc2)nc1-c1ccc2c(c1)N(C)C(=O)CO2. The van der Waals surface area contributed by atoms with Crippen molar-refractivity contribution in [2.24, 2.45) is 0 Å². The molecule has 1 fully saturated rings. The van der Waals surface area contributed by atoms with Crippen LogP contribution in [0.5, 0.6) is 5.75 Å². The molecule has 5 rings (SSSR count). The van der Waals surface area contributed by atoms with Crippen LogP contribution < -0.4 is 15.0 Å². The molecule has 2 aromatic carbocycles. The number of likely N-dealkylation sites (N-methyl/N-ethyl adjacent to an activating group) is 1. The molecular weight excluding hydrogens is 488 g/mol. The second-order valence-electron chi connectivity index (χ2n) is 8.44. The maximum absolute atomic E-state index is 12.8. The molecule has 182 valence electrons. The lowest BCUT2D eigenvalue weighted by atomic mass is 10.1. The molecule has 3 aromatic rings. The number of amides is 2. The Bertz CT molecular complexity index is 1410. The number of thiazole rings is 1. The van der Waals surface area contributed by atoms with E-state index in [1.54, 1.807) is 11.9 Å². The number of ether oxygens (including phenoxy) is 1. The fraction of sp³-hybridized carbons (Fsp3) is 0.292. The van der Waals surface area contributed by atoms with Gasteiger partial charge in [0.15, 0.2) is 11.7 Å². The summed E-state index contributed by atoms with van der Waals surface area (Å²) in [7, 11) is -1.83. The maximum atomic E-state index is 12.8. The third-order valence-corrected chi connectivity index (χ3v) is 8.95. The highest BCUT2D eigenvalue weighted by Gasteiger charge is 2.27. The van der Waals surface area contributed by atoms with E-state index in [2.05, 4.69) is 10.3 Å². The monoisotopic (exact) mass is 512 g/mol. The van der Waals surface area contributed by atoms with Crippen LogP contribution in [0.2, 0.25) is 0 Å². The molecule has 3 heterocycles. The van der Waals surface area contributed by atoms with Crippen LogP contribution in [0, 0.1) is 6.92 Å². The number of anilines is 2. The molecule has 0 bridgehead atoms. The van der Waals surface area contributed by atoms with Crippen molar-refractivity contribution in [1.82, 2.24) is 9.29 Å². The molecule has 9 nitrogen and oxygen atoms in total. The zero-order valence-corrected chi connectivity index (χ0v) is 20.9. The highest BCUT2D eigenvalue weighted by atomic mass is 32.2. The van der Waals surface area contributed by atoms with Gasteiger partial charge in [-0.25, -0.2) is 13.4 Å². The summed E-state index contributed by atoms with van der Waals surface area (Å²) < 4.78 is 32.4. The molecule has 1 aromatic heterocycles. The summed E-state index contributed by atoms with van der Waals surface area (Å²) in [5.74, 6) is 0.129. The number of aromatic nitrogens is 1. The minimum atomic E-state index is -3.53. The summed E-state index contributed by atoms with van der Waals surface area (Å²) >= 11 is 1.34. The molecule has 11 heteroatoms. The Kier molecular flexibility index (Phi) is 6.07. The van der Waals surface area contributed by atoms with Crippen LogP contribution >= 0.6 is 11.3 Å². The van der Waals surface area contributed by atoms with Gasteiger partial charge in [0.1, 0.15) is 5.75 Å². The molecule has 0 saturated carbocycles. The number of rotatable bonds is 5. The van der Waals surface area contributed by atoms with E-state index in [-0.39, 0.29) is 23.3 Å². The lowest BCUT2D eigenvalue weighted by molar-refractivity contribution is -0.120. The molecule has 35 heavy (non-hydrogen) atoms. The Morgan fingerprint density at radius 1 is 1.11 bits per heavy atom.